The second-order valence-corrected chi connectivity index (χ2v) is 4.93. The molecule has 1 aromatic rings. The summed E-state index contributed by atoms with van der Waals surface area (Å²) in [5.41, 5.74) is 0.0153. The summed E-state index contributed by atoms with van der Waals surface area (Å²) in [6, 6.07) is 3.46. The fourth-order valence-electron chi connectivity index (χ4n) is 1.78. The van der Waals surface area contributed by atoms with Gasteiger partial charge in [0.1, 0.15) is 5.76 Å². The summed E-state index contributed by atoms with van der Waals surface area (Å²) in [5, 5.41) is 6.24. The van der Waals surface area contributed by atoms with Gasteiger partial charge >= 0.3 is 0 Å². The van der Waals surface area contributed by atoms with Crippen LogP contribution in [-0.4, -0.2) is 17.5 Å². The third kappa shape index (κ3) is 4.18. The first kappa shape index (κ1) is 14.8. The molecule has 0 radical (unpaired) electrons. The van der Waals surface area contributed by atoms with Gasteiger partial charge in [-0.25, -0.2) is 0 Å². The number of carbonyl (C=O) groups excluding carboxylic acids is 1. The van der Waals surface area contributed by atoms with Crippen molar-refractivity contribution in [2.75, 3.05) is 0 Å². The molecule has 4 nitrogen and oxygen atoms in total. The summed E-state index contributed by atoms with van der Waals surface area (Å²) in [7, 11) is 0. The van der Waals surface area contributed by atoms with Gasteiger partial charge in [0.05, 0.1) is 18.8 Å². The van der Waals surface area contributed by atoms with Gasteiger partial charge in [-0.3, -0.25) is 4.79 Å². The molecule has 0 aliphatic rings. The van der Waals surface area contributed by atoms with Crippen LogP contribution >= 0.6 is 0 Å². The van der Waals surface area contributed by atoms with Crippen LogP contribution in [0.3, 0.4) is 0 Å². The van der Waals surface area contributed by atoms with Crippen LogP contribution < -0.4 is 10.6 Å². The zero-order valence-corrected chi connectivity index (χ0v) is 11.7. The Morgan fingerprint density at radius 3 is 2.61 bits per heavy atom. The molecule has 1 atom stereocenters. The molecule has 1 unspecified atom stereocenters. The van der Waals surface area contributed by atoms with Crippen LogP contribution in [-0.2, 0) is 11.3 Å². The summed E-state index contributed by atoms with van der Waals surface area (Å²) >= 11 is 0. The molecule has 0 bridgehead atoms. The second-order valence-electron chi connectivity index (χ2n) is 4.93. The van der Waals surface area contributed by atoms with Gasteiger partial charge in [-0.05, 0) is 38.8 Å². The minimum absolute atomic E-state index is 0.000440. The van der Waals surface area contributed by atoms with Gasteiger partial charge in [0.25, 0.3) is 0 Å². The Kier molecular flexibility index (Phi) is 5.41. The quantitative estimate of drug-likeness (QED) is 0.783. The molecular weight excluding hydrogens is 228 g/mol. The van der Waals surface area contributed by atoms with Crippen molar-refractivity contribution in [1.82, 2.24) is 10.6 Å². The van der Waals surface area contributed by atoms with Crippen LogP contribution in [0, 0.1) is 0 Å². The summed E-state index contributed by atoms with van der Waals surface area (Å²) in [5.74, 6) is 0.767. The maximum absolute atomic E-state index is 11.9. The van der Waals surface area contributed by atoms with Gasteiger partial charge in [0.2, 0.25) is 5.91 Å². The fourth-order valence-corrected chi connectivity index (χ4v) is 1.78. The van der Waals surface area contributed by atoms with Crippen molar-refractivity contribution in [3.8, 4) is 0 Å². The maximum atomic E-state index is 11.9. The molecule has 4 heteroatoms. The lowest BCUT2D eigenvalue weighted by molar-refractivity contribution is -0.123. The predicted octanol–water partition coefficient (Wildman–Crippen LogP) is 2.45. The van der Waals surface area contributed by atoms with Crippen molar-refractivity contribution >= 4 is 5.91 Å². The van der Waals surface area contributed by atoms with E-state index in [9.17, 15) is 4.79 Å². The average molecular weight is 252 g/mol. The highest BCUT2D eigenvalue weighted by Gasteiger charge is 2.24. The monoisotopic (exact) mass is 252 g/mol. The number of furan rings is 1. The van der Waals surface area contributed by atoms with Crippen LogP contribution in [0.2, 0.25) is 0 Å². The van der Waals surface area contributed by atoms with E-state index < -0.39 is 0 Å². The van der Waals surface area contributed by atoms with Gasteiger partial charge in [-0.1, -0.05) is 13.8 Å². The zero-order valence-electron chi connectivity index (χ0n) is 11.7. The highest BCUT2D eigenvalue weighted by molar-refractivity contribution is 5.81. The Morgan fingerprint density at radius 1 is 1.44 bits per heavy atom. The van der Waals surface area contributed by atoms with Crippen LogP contribution in [0.4, 0.5) is 0 Å². The Balaban J connectivity index is 2.41. The van der Waals surface area contributed by atoms with Crippen molar-refractivity contribution in [3.05, 3.63) is 24.2 Å². The van der Waals surface area contributed by atoms with E-state index in [1.807, 2.05) is 19.1 Å². The topological polar surface area (TPSA) is 54.3 Å². The van der Waals surface area contributed by atoms with Crippen molar-refractivity contribution in [1.29, 1.82) is 0 Å². The number of amides is 1. The average Bonchev–Trinajstić information content (AvgIpc) is 2.88. The van der Waals surface area contributed by atoms with Crippen LogP contribution in [0.15, 0.2) is 22.8 Å². The molecule has 0 saturated heterocycles. The molecule has 1 aromatic heterocycles. The second kappa shape index (κ2) is 6.59. The van der Waals surface area contributed by atoms with E-state index in [2.05, 4.69) is 31.4 Å². The van der Waals surface area contributed by atoms with Gasteiger partial charge in [-0.2, -0.15) is 0 Å². The molecule has 0 fully saturated rings. The molecular formula is C14H24N2O2. The van der Waals surface area contributed by atoms with E-state index in [0.717, 1.165) is 18.6 Å². The van der Waals surface area contributed by atoms with Crippen LogP contribution in [0.1, 0.15) is 46.3 Å². The highest BCUT2D eigenvalue weighted by Crippen LogP contribution is 2.14. The van der Waals surface area contributed by atoms with Gasteiger partial charge in [0.15, 0.2) is 0 Å². The number of hydrogen-bond acceptors (Lipinski definition) is 3. The Labute approximate surface area is 109 Å². The molecule has 0 saturated carbocycles. The molecule has 0 aliphatic heterocycles. The van der Waals surface area contributed by atoms with Crippen LogP contribution in [0.5, 0.6) is 0 Å². The molecule has 102 valence electrons. The van der Waals surface area contributed by atoms with Crippen molar-refractivity contribution in [2.45, 2.75) is 58.7 Å². The number of nitrogens with one attached hydrogen (secondary N) is 2. The molecule has 18 heavy (non-hydrogen) atoms. The standard InChI is InChI=1S/C14H24N2O2/c1-5-14(4,6-2)16-11(3)13(17)15-10-12-8-7-9-18-12/h7-9,11,16H,5-6,10H2,1-4H3,(H,15,17). The molecule has 1 rings (SSSR count). The number of rotatable bonds is 7. The molecule has 1 heterocycles. The van der Waals surface area contributed by atoms with E-state index >= 15 is 0 Å². The largest absolute Gasteiger partial charge is 0.467 e. The molecule has 0 aliphatic carbocycles. The van der Waals surface area contributed by atoms with Gasteiger partial charge in [-0.15, -0.1) is 0 Å². The molecule has 0 spiro atoms. The SMILES string of the molecule is CCC(C)(CC)NC(C)C(=O)NCc1ccco1. The normalized spacial score (nSPS) is 13.3. The lowest BCUT2D eigenvalue weighted by Crippen LogP contribution is -2.52. The Bertz CT molecular complexity index is 356. The smallest absolute Gasteiger partial charge is 0.237 e. The summed E-state index contributed by atoms with van der Waals surface area (Å²) in [6.07, 6.45) is 3.60. The third-order valence-corrected chi connectivity index (χ3v) is 3.54. The highest BCUT2D eigenvalue weighted by atomic mass is 16.3. The Morgan fingerprint density at radius 2 is 2.11 bits per heavy atom. The molecule has 1 amide bonds. The van der Waals surface area contributed by atoms with Crippen molar-refractivity contribution in [3.63, 3.8) is 0 Å². The lowest BCUT2D eigenvalue weighted by atomic mass is 9.94. The lowest BCUT2D eigenvalue weighted by Gasteiger charge is -2.31. The van der Waals surface area contributed by atoms with Crippen molar-refractivity contribution < 1.29 is 9.21 Å². The summed E-state index contributed by atoms with van der Waals surface area (Å²) in [4.78, 5) is 11.9. The van der Waals surface area contributed by atoms with E-state index in [-0.39, 0.29) is 17.5 Å². The van der Waals surface area contributed by atoms with Gasteiger partial charge < -0.3 is 15.1 Å². The predicted molar refractivity (Wildman–Crippen MR) is 72.1 cm³/mol. The Hall–Kier alpha value is -1.29. The third-order valence-electron chi connectivity index (χ3n) is 3.54. The first-order valence-corrected chi connectivity index (χ1v) is 6.58. The first-order valence-electron chi connectivity index (χ1n) is 6.58. The van der Waals surface area contributed by atoms with Crippen LogP contribution in [0.25, 0.3) is 0 Å². The van der Waals surface area contributed by atoms with E-state index in [4.69, 9.17) is 4.42 Å². The summed E-state index contributed by atoms with van der Waals surface area (Å²) < 4.78 is 5.17. The van der Waals surface area contributed by atoms with Gasteiger partial charge in [0, 0.05) is 5.54 Å². The van der Waals surface area contributed by atoms with E-state index in [0.29, 0.717) is 6.54 Å². The molecule has 2 N–H and O–H groups in total. The van der Waals surface area contributed by atoms with Crippen molar-refractivity contribution in [2.24, 2.45) is 0 Å². The molecule has 0 aromatic carbocycles. The van der Waals surface area contributed by atoms with E-state index in [1.54, 1.807) is 6.26 Å². The minimum atomic E-state index is -0.204. The maximum Gasteiger partial charge on any atom is 0.237 e. The number of carbonyl (C=O) groups is 1. The number of hydrogen-bond donors (Lipinski definition) is 2. The first-order chi connectivity index (χ1) is 8.50. The zero-order chi connectivity index (χ0) is 13.6. The van der Waals surface area contributed by atoms with E-state index in [1.165, 1.54) is 0 Å². The fraction of sp³-hybridized carbons (Fsp3) is 0.643. The minimum Gasteiger partial charge on any atom is -0.467 e. The summed E-state index contributed by atoms with van der Waals surface area (Å²) in [6.45, 7) is 8.73.